The lowest BCUT2D eigenvalue weighted by Crippen LogP contribution is -2.28. The topological polar surface area (TPSA) is 79.6 Å². The third kappa shape index (κ3) is 3.31. The number of carboxylic acids is 1. The minimum absolute atomic E-state index is 0.0199. The fourth-order valence-electron chi connectivity index (χ4n) is 3.85. The first kappa shape index (κ1) is 18.9. The molecule has 0 bridgehead atoms. The molecule has 0 aliphatic heterocycles. The molecule has 1 aromatic heterocycles. The molecule has 4 rings (SSSR count). The molecule has 0 saturated heterocycles. The fraction of sp³-hybridized carbons (Fsp3) is 0.261. The number of hydrogen-bond donors (Lipinski definition) is 1. The van der Waals surface area contributed by atoms with E-state index in [1.807, 2.05) is 19.1 Å². The Morgan fingerprint density at radius 2 is 1.86 bits per heavy atom. The standard InChI is InChI=1S/C23H22N2O4/c1-3-25-20-11-10-15(12-18(20)17(13-21(25)26)14-8-9-14)22(27)24(2)19-7-5-4-6-16(19)23(28)29/h4-7,10-14H,3,8-9H2,1-2H3,(H,28,29). The van der Waals surface area contributed by atoms with Gasteiger partial charge < -0.3 is 14.6 Å². The SMILES string of the molecule is CCn1c(=O)cc(C2CC2)c2cc(C(=O)N(C)c3ccccc3C(=O)O)ccc21. The van der Waals surface area contributed by atoms with Gasteiger partial charge in [0.2, 0.25) is 0 Å². The summed E-state index contributed by atoms with van der Waals surface area (Å²) >= 11 is 0. The van der Waals surface area contributed by atoms with Crippen molar-refractivity contribution in [2.45, 2.75) is 32.2 Å². The average Bonchev–Trinajstić information content (AvgIpc) is 3.57. The van der Waals surface area contributed by atoms with Crippen molar-refractivity contribution in [2.75, 3.05) is 11.9 Å². The summed E-state index contributed by atoms with van der Waals surface area (Å²) in [5.74, 6) is -1.01. The van der Waals surface area contributed by atoms with Gasteiger partial charge in [0.1, 0.15) is 0 Å². The lowest BCUT2D eigenvalue weighted by molar-refractivity contribution is 0.0697. The number of amides is 1. The van der Waals surface area contributed by atoms with Gasteiger partial charge in [0.15, 0.2) is 0 Å². The molecule has 1 aliphatic rings. The largest absolute Gasteiger partial charge is 0.478 e. The Morgan fingerprint density at radius 3 is 2.52 bits per heavy atom. The number of nitrogens with zero attached hydrogens (tertiary/aromatic N) is 2. The maximum absolute atomic E-state index is 13.1. The summed E-state index contributed by atoms with van der Waals surface area (Å²) in [7, 11) is 1.57. The molecular weight excluding hydrogens is 368 g/mol. The molecule has 1 N–H and O–H groups in total. The monoisotopic (exact) mass is 390 g/mol. The normalized spacial score (nSPS) is 13.4. The molecule has 148 valence electrons. The molecule has 1 aliphatic carbocycles. The van der Waals surface area contributed by atoms with Crippen molar-refractivity contribution in [1.29, 1.82) is 0 Å². The van der Waals surface area contributed by atoms with Crippen molar-refractivity contribution in [3.63, 3.8) is 0 Å². The van der Waals surface area contributed by atoms with Gasteiger partial charge in [-0.1, -0.05) is 12.1 Å². The van der Waals surface area contributed by atoms with E-state index in [0.717, 1.165) is 29.3 Å². The van der Waals surface area contributed by atoms with Crippen LogP contribution in [0.15, 0.2) is 53.3 Å². The van der Waals surface area contributed by atoms with E-state index in [1.54, 1.807) is 41.9 Å². The fourth-order valence-corrected chi connectivity index (χ4v) is 3.85. The minimum Gasteiger partial charge on any atom is -0.478 e. The quantitative estimate of drug-likeness (QED) is 0.717. The maximum Gasteiger partial charge on any atom is 0.337 e. The summed E-state index contributed by atoms with van der Waals surface area (Å²) < 4.78 is 1.71. The van der Waals surface area contributed by atoms with Crippen LogP contribution >= 0.6 is 0 Å². The maximum atomic E-state index is 13.1. The second-order valence-corrected chi connectivity index (χ2v) is 7.37. The molecule has 0 atom stereocenters. The zero-order valence-electron chi connectivity index (χ0n) is 16.4. The van der Waals surface area contributed by atoms with Gasteiger partial charge in [-0.3, -0.25) is 9.59 Å². The van der Waals surface area contributed by atoms with E-state index in [4.69, 9.17) is 0 Å². The number of rotatable bonds is 5. The molecule has 1 fully saturated rings. The molecule has 6 heteroatoms. The van der Waals surface area contributed by atoms with Crippen LogP contribution in [0.2, 0.25) is 0 Å². The minimum atomic E-state index is -1.08. The molecule has 1 amide bonds. The number of carboxylic acid groups (broad SMARTS) is 1. The van der Waals surface area contributed by atoms with Crippen molar-refractivity contribution in [2.24, 2.45) is 0 Å². The van der Waals surface area contributed by atoms with Gasteiger partial charge in [-0.15, -0.1) is 0 Å². The zero-order valence-corrected chi connectivity index (χ0v) is 16.4. The number of aromatic nitrogens is 1. The number of carbonyl (C=O) groups excluding carboxylic acids is 1. The van der Waals surface area contributed by atoms with Crippen LogP contribution in [0.4, 0.5) is 5.69 Å². The van der Waals surface area contributed by atoms with Crippen LogP contribution in [0.3, 0.4) is 0 Å². The van der Waals surface area contributed by atoms with E-state index in [0.29, 0.717) is 23.7 Å². The highest BCUT2D eigenvalue weighted by Gasteiger charge is 2.27. The third-order valence-electron chi connectivity index (χ3n) is 5.52. The Bertz CT molecular complexity index is 1190. The highest BCUT2D eigenvalue weighted by atomic mass is 16.4. The molecule has 0 spiro atoms. The van der Waals surface area contributed by atoms with E-state index in [2.05, 4.69) is 0 Å². The number of aryl methyl sites for hydroxylation is 1. The number of hydrogen-bond acceptors (Lipinski definition) is 3. The van der Waals surface area contributed by atoms with Crippen LogP contribution in [0.5, 0.6) is 0 Å². The Balaban J connectivity index is 1.81. The molecule has 0 unspecified atom stereocenters. The van der Waals surface area contributed by atoms with Gasteiger partial charge in [0.25, 0.3) is 11.5 Å². The second-order valence-electron chi connectivity index (χ2n) is 7.37. The third-order valence-corrected chi connectivity index (χ3v) is 5.52. The van der Waals surface area contributed by atoms with Crippen LogP contribution in [-0.4, -0.2) is 28.6 Å². The predicted octanol–water partition coefficient (Wildman–Crippen LogP) is 3.87. The first-order valence-corrected chi connectivity index (χ1v) is 9.70. The molecule has 1 heterocycles. The molecule has 0 radical (unpaired) electrons. The highest BCUT2D eigenvalue weighted by Crippen LogP contribution is 2.42. The molecule has 2 aromatic carbocycles. The van der Waals surface area contributed by atoms with Crippen molar-refractivity contribution < 1.29 is 14.7 Å². The van der Waals surface area contributed by atoms with E-state index >= 15 is 0 Å². The van der Waals surface area contributed by atoms with Crippen LogP contribution in [-0.2, 0) is 6.54 Å². The molecule has 29 heavy (non-hydrogen) atoms. The molecule has 3 aromatic rings. The number of benzene rings is 2. The summed E-state index contributed by atoms with van der Waals surface area (Å²) in [5, 5.41) is 10.3. The van der Waals surface area contributed by atoms with Gasteiger partial charge in [-0.05, 0) is 61.6 Å². The van der Waals surface area contributed by atoms with Gasteiger partial charge in [0, 0.05) is 30.6 Å². The lowest BCUT2D eigenvalue weighted by atomic mass is 10.0. The Kier molecular flexibility index (Phi) is 4.70. The van der Waals surface area contributed by atoms with E-state index < -0.39 is 5.97 Å². The number of para-hydroxylation sites is 1. The van der Waals surface area contributed by atoms with Crippen LogP contribution in [0.1, 0.15) is 52.0 Å². The van der Waals surface area contributed by atoms with Gasteiger partial charge in [-0.2, -0.15) is 0 Å². The van der Waals surface area contributed by atoms with Crippen LogP contribution in [0, 0.1) is 0 Å². The number of fused-ring (bicyclic) bond motifs is 1. The number of anilines is 1. The van der Waals surface area contributed by atoms with Gasteiger partial charge in [-0.25, -0.2) is 4.79 Å². The first-order valence-electron chi connectivity index (χ1n) is 9.70. The van der Waals surface area contributed by atoms with Crippen molar-refractivity contribution in [3.05, 3.63) is 75.6 Å². The van der Waals surface area contributed by atoms with Crippen LogP contribution in [0.25, 0.3) is 10.9 Å². The number of pyridine rings is 1. The summed E-state index contributed by atoms with van der Waals surface area (Å²) in [6.07, 6.45) is 2.10. The molecule has 6 nitrogen and oxygen atoms in total. The Morgan fingerprint density at radius 1 is 1.14 bits per heavy atom. The predicted molar refractivity (Wildman–Crippen MR) is 112 cm³/mol. The van der Waals surface area contributed by atoms with Crippen molar-refractivity contribution >= 4 is 28.5 Å². The number of aromatic carboxylic acids is 1. The van der Waals surface area contributed by atoms with Crippen LogP contribution < -0.4 is 10.5 Å². The van der Waals surface area contributed by atoms with E-state index in [1.165, 1.54) is 11.0 Å². The summed E-state index contributed by atoms with van der Waals surface area (Å²) in [6.45, 7) is 2.48. The molecular formula is C23H22N2O4. The van der Waals surface area contributed by atoms with Gasteiger partial charge >= 0.3 is 5.97 Å². The Labute approximate surface area is 168 Å². The summed E-state index contributed by atoms with van der Waals surface area (Å²) in [4.78, 5) is 38.5. The van der Waals surface area contributed by atoms with E-state index in [-0.39, 0.29) is 17.0 Å². The number of carbonyl (C=O) groups is 2. The smallest absolute Gasteiger partial charge is 0.337 e. The molecule has 1 saturated carbocycles. The van der Waals surface area contributed by atoms with E-state index in [9.17, 15) is 19.5 Å². The first-order chi connectivity index (χ1) is 13.9. The van der Waals surface area contributed by atoms with Gasteiger partial charge in [0.05, 0.1) is 16.8 Å². The zero-order chi connectivity index (χ0) is 20.7. The Hall–Kier alpha value is -3.41. The summed E-state index contributed by atoms with van der Waals surface area (Å²) in [6, 6.07) is 13.5. The highest BCUT2D eigenvalue weighted by molar-refractivity contribution is 6.10. The van der Waals surface area contributed by atoms with Crippen molar-refractivity contribution in [1.82, 2.24) is 4.57 Å². The average molecular weight is 390 g/mol. The lowest BCUT2D eigenvalue weighted by Gasteiger charge is -2.20. The van der Waals surface area contributed by atoms with Crippen molar-refractivity contribution in [3.8, 4) is 0 Å². The second kappa shape index (κ2) is 7.20. The summed E-state index contributed by atoms with van der Waals surface area (Å²) in [5.41, 5.74) is 2.68.